The minimum absolute atomic E-state index is 0.0341. The van der Waals surface area contributed by atoms with Gasteiger partial charge in [0, 0.05) is 40.7 Å². The minimum atomic E-state index is -0.0341. The number of carbonyl (C=O) groups excluding carboxylic acids is 1. The fraction of sp³-hybridized carbons (Fsp3) is 0.120. The lowest BCUT2D eigenvalue weighted by atomic mass is 10.1. The quantitative estimate of drug-likeness (QED) is 0.292. The molecule has 35 heavy (non-hydrogen) atoms. The number of anilines is 1. The first-order chi connectivity index (χ1) is 17.2. The number of fused-ring (bicyclic) bond motifs is 2. The van der Waals surface area contributed by atoms with Crippen LogP contribution in [0.2, 0.25) is 0 Å². The largest absolute Gasteiger partial charge is 0.336 e. The predicted molar refractivity (Wildman–Crippen MR) is 137 cm³/mol. The molecule has 6 rings (SSSR count). The fourth-order valence-electron chi connectivity index (χ4n) is 4.01. The van der Waals surface area contributed by atoms with Gasteiger partial charge in [0.25, 0.3) is 0 Å². The van der Waals surface area contributed by atoms with Crippen LogP contribution in [0.5, 0.6) is 0 Å². The van der Waals surface area contributed by atoms with Crippen molar-refractivity contribution in [2.24, 2.45) is 0 Å². The zero-order valence-corrected chi connectivity index (χ0v) is 19.6. The summed E-state index contributed by atoms with van der Waals surface area (Å²) >= 11 is 1.62. The maximum atomic E-state index is 12.0. The van der Waals surface area contributed by atoms with E-state index in [4.69, 9.17) is 4.98 Å². The third-order valence-electron chi connectivity index (χ3n) is 5.66. The van der Waals surface area contributed by atoms with Gasteiger partial charge >= 0.3 is 0 Å². The number of nitrogens with zero attached hydrogens (tertiary/aromatic N) is 5. The molecule has 0 fully saturated rings. The van der Waals surface area contributed by atoms with Crippen molar-refractivity contribution in [1.82, 2.24) is 35.1 Å². The molecule has 3 N–H and O–H groups in total. The fourth-order valence-corrected chi connectivity index (χ4v) is 4.65. The van der Waals surface area contributed by atoms with Crippen molar-refractivity contribution in [3.05, 3.63) is 59.8 Å². The Morgan fingerprint density at radius 1 is 1.06 bits per heavy atom. The van der Waals surface area contributed by atoms with Gasteiger partial charge in [0.15, 0.2) is 5.82 Å². The summed E-state index contributed by atoms with van der Waals surface area (Å²) in [7, 11) is 0. The van der Waals surface area contributed by atoms with Gasteiger partial charge in [-0.15, -0.1) is 0 Å². The highest BCUT2D eigenvalue weighted by Crippen LogP contribution is 2.32. The summed E-state index contributed by atoms with van der Waals surface area (Å²) in [5.74, 6) is 0.611. The molecular formula is C25H20N8OS. The monoisotopic (exact) mass is 480 g/mol. The molecule has 172 valence electrons. The molecule has 6 aromatic rings. The number of pyridine rings is 3. The first-order valence-electron chi connectivity index (χ1n) is 11.2. The summed E-state index contributed by atoms with van der Waals surface area (Å²) in [5.41, 5.74) is 7.19. The Labute approximate surface area is 203 Å². The molecule has 0 aliphatic carbocycles. The first kappa shape index (κ1) is 21.1. The van der Waals surface area contributed by atoms with Crippen molar-refractivity contribution < 1.29 is 4.79 Å². The van der Waals surface area contributed by atoms with Crippen molar-refractivity contribution in [1.29, 1.82) is 0 Å². The number of rotatable bonds is 6. The number of aromatic amines is 2. The van der Waals surface area contributed by atoms with E-state index in [-0.39, 0.29) is 5.91 Å². The second-order valence-corrected chi connectivity index (χ2v) is 8.88. The Morgan fingerprint density at radius 2 is 2.00 bits per heavy atom. The van der Waals surface area contributed by atoms with Crippen molar-refractivity contribution in [3.63, 3.8) is 0 Å². The minimum Gasteiger partial charge on any atom is -0.336 e. The highest BCUT2D eigenvalue weighted by Gasteiger charge is 2.17. The Hall–Kier alpha value is -4.44. The maximum absolute atomic E-state index is 12.0. The number of hydrogen-bond acceptors (Lipinski definition) is 7. The molecule has 0 radical (unpaired) electrons. The van der Waals surface area contributed by atoms with E-state index in [1.54, 1.807) is 36.1 Å². The molecule has 9 nitrogen and oxygen atoms in total. The predicted octanol–water partition coefficient (Wildman–Crippen LogP) is 5.43. The zero-order chi connectivity index (χ0) is 23.8. The van der Waals surface area contributed by atoms with Crippen molar-refractivity contribution in [3.8, 4) is 34.0 Å². The molecule has 6 heterocycles. The molecule has 0 aromatic carbocycles. The van der Waals surface area contributed by atoms with Gasteiger partial charge in [0.2, 0.25) is 5.91 Å². The van der Waals surface area contributed by atoms with E-state index in [1.165, 1.54) is 0 Å². The van der Waals surface area contributed by atoms with Crippen LogP contribution in [0.4, 0.5) is 5.69 Å². The van der Waals surface area contributed by atoms with Crippen LogP contribution >= 0.6 is 11.3 Å². The molecule has 0 atom stereocenters. The second kappa shape index (κ2) is 8.73. The Balaban J connectivity index is 1.40. The van der Waals surface area contributed by atoms with Crippen LogP contribution in [0.25, 0.3) is 56.0 Å². The first-order valence-corrected chi connectivity index (χ1v) is 12.1. The lowest BCUT2D eigenvalue weighted by Gasteiger charge is -2.06. The van der Waals surface area contributed by atoms with Crippen LogP contribution in [-0.2, 0) is 4.79 Å². The molecule has 0 aliphatic rings. The van der Waals surface area contributed by atoms with E-state index < -0.39 is 0 Å². The van der Waals surface area contributed by atoms with Crippen molar-refractivity contribution >= 4 is 44.9 Å². The summed E-state index contributed by atoms with van der Waals surface area (Å²) in [6.07, 6.45) is 8.13. The van der Waals surface area contributed by atoms with Crippen LogP contribution < -0.4 is 5.32 Å². The molecule has 0 spiro atoms. The normalized spacial score (nSPS) is 11.3. The van der Waals surface area contributed by atoms with E-state index in [1.807, 2.05) is 36.6 Å². The number of amides is 1. The molecule has 0 saturated carbocycles. The Bertz CT molecular complexity index is 1670. The Kier molecular flexibility index (Phi) is 5.27. The summed E-state index contributed by atoms with van der Waals surface area (Å²) < 4.78 is 0. The Morgan fingerprint density at radius 3 is 2.86 bits per heavy atom. The molecule has 1 amide bonds. The van der Waals surface area contributed by atoms with E-state index in [2.05, 4.69) is 40.8 Å². The molecule has 10 heteroatoms. The topological polar surface area (TPSA) is 125 Å². The lowest BCUT2D eigenvalue weighted by Crippen LogP contribution is -2.10. The molecule has 0 saturated heterocycles. The van der Waals surface area contributed by atoms with Gasteiger partial charge in [-0.2, -0.15) is 16.4 Å². The number of thiophene rings is 1. The number of nitrogens with one attached hydrogen (secondary N) is 3. The van der Waals surface area contributed by atoms with Crippen LogP contribution in [0.1, 0.15) is 19.8 Å². The van der Waals surface area contributed by atoms with Gasteiger partial charge in [0.05, 0.1) is 40.5 Å². The molecular weight excluding hydrogens is 460 g/mol. The summed E-state index contributed by atoms with van der Waals surface area (Å²) in [5, 5.41) is 15.4. The smallest absolute Gasteiger partial charge is 0.224 e. The van der Waals surface area contributed by atoms with E-state index in [0.717, 1.165) is 50.9 Å². The van der Waals surface area contributed by atoms with Crippen molar-refractivity contribution in [2.75, 3.05) is 5.32 Å². The van der Waals surface area contributed by atoms with Gasteiger partial charge in [-0.1, -0.05) is 6.92 Å². The number of imidazole rings is 1. The molecule has 0 bridgehead atoms. The van der Waals surface area contributed by atoms with E-state index in [9.17, 15) is 4.79 Å². The van der Waals surface area contributed by atoms with Gasteiger partial charge in [0.1, 0.15) is 11.2 Å². The molecule has 0 aliphatic heterocycles. The number of H-pyrrole nitrogens is 2. The van der Waals surface area contributed by atoms with E-state index in [0.29, 0.717) is 23.6 Å². The molecule has 0 unspecified atom stereocenters. The number of hydrogen-bond donors (Lipinski definition) is 3. The maximum Gasteiger partial charge on any atom is 0.224 e. The van der Waals surface area contributed by atoms with E-state index >= 15 is 0 Å². The highest BCUT2D eigenvalue weighted by molar-refractivity contribution is 7.08. The average Bonchev–Trinajstić information content (AvgIpc) is 3.63. The third-order valence-corrected chi connectivity index (χ3v) is 6.35. The summed E-state index contributed by atoms with van der Waals surface area (Å²) in [6.45, 7) is 1.97. The summed E-state index contributed by atoms with van der Waals surface area (Å²) in [4.78, 5) is 33.6. The highest BCUT2D eigenvalue weighted by atomic mass is 32.1. The average molecular weight is 481 g/mol. The van der Waals surface area contributed by atoms with Crippen LogP contribution in [-0.4, -0.2) is 41.0 Å². The van der Waals surface area contributed by atoms with Gasteiger partial charge in [-0.3, -0.25) is 24.8 Å². The second-order valence-electron chi connectivity index (χ2n) is 8.10. The third kappa shape index (κ3) is 3.93. The lowest BCUT2D eigenvalue weighted by molar-refractivity contribution is -0.116. The van der Waals surface area contributed by atoms with Crippen LogP contribution in [0.15, 0.2) is 59.8 Å². The standard InChI is InChI=1S/C25H20N8OS/c1-2-3-21(34)29-16-8-15(10-26-11-16)19-9-17-20(12-28-19)32-33-23(17)25-30-18-4-6-27-22(24(18)31-25)14-5-7-35-13-14/h4-13H,2-3H2,1H3,(H,29,34)(H,30,31)(H,32,33). The van der Waals surface area contributed by atoms with Gasteiger partial charge in [-0.05, 0) is 36.1 Å². The van der Waals surface area contributed by atoms with Crippen LogP contribution in [0.3, 0.4) is 0 Å². The zero-order valence-electron chi connectivity index (χ0n) is 18.7. The molecule has 6 aromatic heterocycles. The van der Waals surface area contributed by atoms with Crippen LogP contribution in [0, 0.1) is 0 Å². The SMILES string of the molecule is CCCC(=O)Nc1cncc(-c2cc3c(-c4nc5c(-c6ccsc6)nccc5[nH]4)n[nH]c3cn2)c1. The number of aromatic nitrogens is 7. The van der Waals surface area contributed by atoms with Crippen molar-refractivity contribution in [2.45, 2.75) is 19.8 Å². The number of carbonyl (C=O) groups is 1. The van der Waals surface area contributed by atoms with Gasteiger partial charge < -0.3 is 10.3 Å². The summed E-state index contributed by atoms with van der Waals surface area (Å²) in [6, 6.07) is 7.77. The van der Waals surface area contributed by atoms with Gasteiger partial charge in [-0.25, -0.2) is 4.98 Å².